The van der Waals surface area contributed by atoms with E-state index in [4.69, 9.17) is 0 Å². The van der Waals surface area contributed by atoms with Gasteiger partial charge < -0.3 is 10.4 Å². The average molecular weight is 235 g/mol. The second-order valence-electron chi connectivity index (χ2n) is 5.36. The van der Waals surface area contributed by atoms with Gasteiger partial charge >= 0.3 is 0 Å². The molecule has 17 heavy (non-hydrogen) atoms. The van der Waals surface area contributed by atoms with Gasteiger partial charge in [0, 0.05) is 43.6 Å². The summed E-state index contributed by atoms with van der Waals surface area (Å²) in [6.45, 7) is 7.25. The molecule has 2 rings (SSSR count). The van der Waals surface area contributed by atoms with E-state index < -0.39 is 0 Å². The fourth-order valence-corrected chi connectivity index (χ4v) is 2.30. The van der Waals surface area contributed by atoms with Crippen LogP contribution in [0.5, 0.6) is 0 Å². The Labute approximate surface area is 103 Å². The molecule has 2 heterocycles. The van der Waals surface area contributed by atoms with Crippen molar-refractivity contribution >= 4 is 0 Å². The molecule has 0 spiro atoms. The maximum atomic E-state index is 9.42. The second kappa shape index (κ2) is 5.12. The second-order valence-corrected chi connectivity index (χ2v) is 5.36. The number of aliphatic hydroxyl groups is 1. The van der Waals surface area contributed by atoms with Crippen molar-refractivity contribution in [1.29, 1.82) is 0 Å². The highest BCUT2D eigenvalue weighted by Crippen LogP contribution is 2.17. The summed E-state index contributed by atoms with van der Waals surface area (Å²) in [5.41, 5.74) is 1.36. The van der Waals surface area contributed by atoms with E-state index >= 15 is 0 Å². The summed E-state index contributed by atoms with van der Waals surface area (Å²) >= 11 is 0. The molecule has 1 fully saturated rings. The molecule has 1 unspecified atom stereocenters. The van der Waals surface area contributed by atoms with E-state index in [-0.39, 0.29) is 18.2 Å². The van der Waals surface area contributed by atoms with E-state index in [1.54, 1.807) is 0 Å². The smallest absolute Gasteiger partial charge is 0.0599 e. The number of piperazine rings is 1. The molecule has 1 aliphatic rings. The highest BCUT2D eigenvalue weighted by Gasteiger charge is 2.31. The molecule has 1 saturated heterocycles. The van der Waals surface area contributed by atoms with Crippen LogP contribution in [-0.2, 0) is 6.54 Å². The highest BCUT2D eigenvalue weighted by atomic mass is 16.3. The number of hydrogen-bond acceptors (Lipinski definition) is 4. The van der Waals surface area contributed by atoms with E-state index in [2.05, 4.69) is 29.0 Å². The third kappa shape index (κ3) is 3.25. The standard InChI is InChI=1S/C13H21N3O/c1-13(2)10-16(12(9-17)7-15-13)8-11-3-5-14-6-4-11/h3-6,12,15,17H,7-10H2,1-2H3. The lowest BCUT2D eigenvalue weighted by atomic mass is 9.98. The predicted octanol–water partition coefficient (Wildman–Crippen LogP) is 0.626. The summed E-state index contributed by atoms with van der Waals surface area (Å²) in [6.07, 6.45) is 3.63. The van der Waals surface area contributed by atoms with Crippen molar-refractivity contribution in [1.82, 2.24) is 15.2 Å². The topological polar surface area (TPSA) is 48.4 Å². The molecule has 1 aliphatic heterocycles. The summed E-state index contributed by atoms with van der Waals surface area (Å²) in [7, 11) is 0. The molecule has 0 amide bonds. The van der Waals surface area contributed by atoms with Gasteiger partial charge in [-0.3, -0.25) is 9.88 Å². The van der Waals surface area contributed by atoms with Crippen LogP contribution in [-0.4, -0.2) is 46.3 Å². The fraction of sp³-hybridized carbons (Fsp3) is 0.615. The molecule has 0 radical (unpaired) electrons. The molecule has 0 saturated carbocycles. The lowest BCUT2D eigenvalue weighted by Crippen LogP contribution is -2.62. The van der Waals surface area contributed by atoms with Crippen molar-refractivity contribution in [3.8, 4) is 0 Å². The normalized spacial score (nSPS) is 24.8. The summed E-state index contributed by atoms with van der Waals surface area (Å²) in [5, 5.41) is 12.9. The minimum atomic E-state index is 0.110. The molecule has 1 aromatic heterocycles. The third-order valence-electron chi connectivity index (χ3n) is 3.28. The number of aliphatic hydroxyl groups excluding tert-OH is 1. The zero-order chi connectivity index (χ0) is 12.3. The van der Waals surface area contributed by atoms with Gasteiger partial charge in [-0.1, -0.05) is 0 Å². The van der Waals surface area contributed by atoms with Gasteiger partial charge in [0.15, 0.2) is 0 Å². The Kier molecular flexibility index (Phi) is 3.76. The van der Waals surface area contributed by atoms with Gasteiger partial charge in [0.1, 0.15) is 0 Å². The molecule has 4 heteroatoms. The molecule has 0 aliphatic carbocycles. The van der Waals surface area contributed by atoms with Crippen molar-refractivity contribution in [2.45, 2.75) is 32.0 Å². The van der Waals surface area contributed by atoms with Gasteiger partial charge in [0.25, 0.3) is 0 Å². The number of nitrogens with zero attached hydrogens (tertiary/aromatic N) is 2. The lowest BCUT2D eigenvalue weighted by molar-refractivity contribution is 0.0513. The minimum Gasteiger partial charge on any atom is -0.395 e. The fourth-order valence-electron chi connectivity index (χ4n) is 2.30. The van der Waals surface area contributed by atoms with Crippen LogP contribution in [0.15, 0.2) is 24.5 Å². The van der Waals surface area contributed by atoms with Crippen LogP contribution in [0.3, 0.4) is 0 Å². The average Bonchev–Trinajstić information content (AvgIpc) is 2.30. The van der Waals surface area contributed by atoms with Crippen molar-refractivity contribution in [2.24, 2.45) is 0 Å². The molecule has 4 nitrogen and oxygen atoms in total. The van der Waals surface area contributed by atoms with Crippen LogP contribution < -0.4 is 5.32 Å². The predicted molar refractivity (Wildman–Crippen MR) is 67.6 cm³/mol. The van der Waals surface area contributed by atoms with Crippen molar-refractivity contribution < 1.29 is 5.11 Å². The summed E-state index contributed by atoms with van der Waals surface area (Å²) in [4.78, 5) is 6.37. The molecule has 94 valence electrons. The Morgan fingerprint density at radius 2 is 2.18 bits per heavy atom. The monoisotopic (exact) mass is 235 g/mol. The minimum absolute atomic E-state index is 0.110. The van der Waals surface area contributed by atoms with E-state index in [1.165, 1.54) is 5.56 Å². The number of hydrogen-bond donors (Lipinski definition) is 2. The quantitative estimate of drug-likeness (QED) is 0.806. The van der Waals surface area contributed by atoms with Gasteiger partial charge in [-0.25, -0.2) is 0 Å². The number of rotatable bonds is 3. The number of aromatic nitrogens is 1. The van der Waals surface area contributed by atoms with Crippen LogP contribution in [0, 0.1) is 0 Å². The van der Waals surface area contributed by atoms with Gasteiger partial charge in [0.2, 0.25) is 0 Å². The van der Waals surface area contributed by atoms with E-state index in [1.807, 2.05) is 24.5 Å². The first-order valence-electron chi connectivity index (χ1n) is 6.09. The molecule has 0 bridgehead atoms. The molecular weight excluding hydrogens is 214 g/mol. The first-order chi connectivity index (χ1) is 8.11. The van der Waals surface area contributed by atoms with Crippen LogP contribution >= 0.6 is 0 Å². The first kappa shape index (κ1) is 12.5. The Morgan fingerprint density at radius 3 is 2.82 bits per heavy atom. The zero-order valence-electron chi connectivity index (χ0n) is 10.6. The van der Waals surface area contributed by atoms with Crippen LogP contribution in [0.2, 0.25) is 0 Å². The molecule has 0 aromatic carbocycles. The SMILES string of the molecule is CC1(C)CN(Cc2ccncc2)C(CO)CN1. The number of pyridine rings is 1. The van der Waals surface area contributed by atoms with Gasteiger partial charge in [-0.2, -0.15) is 0 Å². The maximum absolute atomic E-state index is 9.42. The van der Waals surface area contributed by atoms with Crippen molar-refractivity contribution in [3.05, 3.63) is 30.1 Å². The molecule has 2 N–H and O–H groups in total. The maximum Gasteiger partial charge on any atom is 0.0599 e. The Hall–Kier alpha value is -0.970. The molecular formula is C13H21N3O. The van der Waals surface area contributed by atoms with Crippen LogP contribution in [0.4, 0.5) is 0 Å². The van der Waals surface area contributed by atoms with Gasteiger partial charge in [0.05, 0.1) is 6.61 Å². The Balaban J connectivity index is 2.06. The largest absolute Gasteiger partial charge is 0.395 e. The highest BCUT2D eigenvalue weighted by molar-refractivity contribution is 5.10. The molecule has 1 atom stereocenters. The van der Waals surface area contributed by atoms with Crippen molar-refractivity contribution in [2.75, 3.05) is 19.7 Å². The van der Waals surface area contributed by atoms with Gasteiger partial charge in [-0.15, -0.1) is 0 Å². The van der Waals surface area contributed by atoms with E-state index in [0.717, 1.165) is 19.6 Å². The Bertz CT molecular complexity index is 353. The number of nitrogens with one attached hydrogen (secondary N) is 1. The van der Waals surface area contributed by atoms with Crippen molar-refractivity contribution in [3.63, 3.8) is 0 Å². The molecule has 1 aromatic rings. The van der Waals surface area contributed by atoms with Gasteiger partial charge in [-0.05, 0) is 31.5 Å². The van der Waals surface area contributed by atoms with E-state index in [0.29, 0.717) is 0 Å². The van der Waals surface area contributed by atoms with Crippen LogP contribution in [0.1, 0.15) is 19.4 Å². The lowest BCUT2D eigenvalue weighted by Gasteiger charge is -2.44. The summed E-state index contributed by atoms with van der Waals surface area (Å²) in [6, 6.07) is 4.27. The van der Waals surface area contributed by atoms with Crippen LogP contribution in [0.25, 0.3) is 0 Å². The zero-order valence-corrected chi connectivity index (χ0v) is 10.6. The Morgan fingerprint density at radius 1 is 1.47 bits per heavy atom. The third-order valence-corrected chi connectivity index (χ3v) is 3.28. The first-order valence-corrected chi connectivity index (χ1v) is 6.09. The van der Waals surface area contributed by atoms with E-state index in [9.17, 15) is 5.11 Å². The summed E-state index contributed by atoms with van der Waals surface area (Å²) in [5.74, 6) is 0. The summed E-state index contributed by atoms with van der Waals surface area (Å²) < 4.78 is 0.